The summed E-state index contributed by atoms with van der Waals surface area (Å²) in [6.45, 7) is 1.64. The van der Waals surface area contributed by atoms with Crippen molar-refractivity contribution in [3.05, 3.63) is 76.2 Å². The standard InChI is InChI=1S/C18H12ClF3N4O2S/c1-10-12(3-2-11-8-23-18(22)24-9-11)4-7-15(25-10)26-29(27,28)14-6-5-13(20)17(21)16(14)19/h2-9H,1H3,(H,25,26)/b3-2+. The smallest absolute Gasteiger partial charge is 0.263 e. The molecule has 0 aliphatic heterocycles. The van der Waals surface area contributed by atoms with Crippen LogP contribution in [-0.4, -0.2) is 23.4 Å². The van der Waals surface area contributed by atoms with Gasteiger partial charge in [-0.25, -0.2) is 32.2 Å². The molecule has 1 aromatic carbocycles. The maximum Gasteiger partial charge on any atom is 0.308 e. The predicted molar refractivity (Wildman–Crippen MR) is 102 cm³/mol. The number of hydrogen-bond acceptors (Lipinski definition) is 5. The zero-order valence-corrected chi connectivity index (χ0v) is 16.3. The first-order valence-electron chi connectivity index (χ1n) is 7.97. The average molecular weight is 441 g/mol. The third kappa shape index (κ3) is 4.72. The Labute approximate surface area is 169 Å². The average Bonchev–Trinajstić information content (AvgIpc) is 2.66. The van der Waals surface area contributed by atoms with Crippen LogP contribution in [0.15, 0.2) is 41.6 Å². The molecule has 1 N–H and O–H groups in total. The van der Waals surface area contributed by atoms with Crippen molar-refractivity contribution in [2.24, 2.45) is 0 Å². The summed E-state index contributed by atoms with van der Waals surface area (Å²) in [5, 5.41) is -0.852. The first kappa shape index (κ1) is 20.7. The molecule has 0 aliphatic carbocycles. The fourth-order valence-electron chi connectivity index (χ4n) is 2.31. The second kappa shape index (κ2) is 8.18. The summed E-state index contributed by atoms with van der Waals surface area (Å²) in [6, 6.07) is 4.51. The molecule has 2 aromatic heterocycles. The van der Waals surface area contributed by atoms with Crippen LogP contribution in [-0.2, 0) is 10.0 Å². The Morgan fingerprint density at radius 3 is 2.38 bits per heavy atom. The van der Waals surface area contributed by atoms with Crippen LogP contribution in [0, 0.1) is 24.6 Å². The lowest BCUT2D eigenvalue weighted by molar-refractivity contribution is 0.505. The second-order valence-electron chi connectivity index (χ2n) is 5.77. The second-order valence-corrected chi connectivity index (χ2v) is 7.80. The maximum atomic E-state index is 13.6. The molecular weight excluding hydrogens is 429 g/mol. The molecule has 11 heteroatoms. The fraction of sp³-hybridized carbons (Fsp3) is 0.0556. The molecule has 0 fully saturated rings. The highest BCUT2D eigenvalue weighted by molar-refractivity contribution is 7.92. The number of halogens is 4. The fourth-order valence-corrected chi connectivity index (χ4v) is 3.84. The van der Waals surface area contributed by atoms with Gasteiger partial charge in [-0.05, 0) is 36.8 Å². The van der Waals surface area contributed by atoms with Crippen molar-refractivity contribution in [2.75, 3.05) is 4.72 Å². The number of anilines is 1. The van der Waals surface area contributed by atoms with Gasteiger partial charge in [-0.3, -0.25) is 4.72 Å². The molecule has 0 unspecified atom stereocenters. The summed E-state index contributed by atoms with van der Waals surface area (Å²) < 4.78 is 66.5. The van der Waals surface area contributed by atoms with Crippen molar-refractivity contribution in [1.82, 2.24) is 15.0 Å². The van der Waals surface area contributed by atoms with Gasteiger partial charge < -0.3 is 0 Å². The topological polar surface area (TPSA) is 84.8 Å². The highest BCUT2D eigenvalue weighted by Gasteiger charge is 2.23. The van der Waals surface area contributed by atoms with E-state index < -0.39 is 37.7 Å². The number of rotatable bonds is 5. The minimum absolute atomic E-state index is 0.0365. The van der Waals surface area contributed by atoms with Crippen molar-refractivity contribution in [2.45, 2.75) is 11.8 Å². The summed E-state index contributed by atoms with van der Waals surface area (Å²) in [6.07, 6.45) is 5.07. The molecule has 2 heterocycles. The molecule has 0 saturated carbocycles. The van der Waals surface area contributed by atoms with E-state index in [1.54, 1.807) is 25.1 Å². The zero-order chi connectivity index (χ0) is 21.2. The Kier molecular flexibility index (Phi) is 5.85. The van der Waals surface area contributed by atoms with Crippen molar-refractivity contribution >= 4 is 39.6 Å². The van der Waals surface area contributed by atoms with Crippen LogP contribution < -0.4 is 4.72 Å². The van der Waals surface area contributed by atoms with Crippen LogP contribution in [0.3, 0.4) is 0 Å². The highest BCUT2D eigenvalue weighted by atomic mass is 35.5. The summed E-state index contributed by atoms with van der Waals surface area (Å²) in [5.41, 5.74) is 1.69. The van der Waals surface area contributed by atoms with Gasteiger partial charge >= 0.3 is 6.08 Å². The lowest BCUT2D eigenvalue weighted by Gasteiger charge is -2.11. The van der Waals surface area contributed by atoms with Crippen LogP contribution in [0.5, 0.6) is 0 Å². The van der Waals surface area contributed by atoms with Gasteiger partial charge in [0, 0.05) is 23.7 Å². The van der Waals surface area contributed by atoms with Gasteiger partial charge in [-0.15, -0.1) is 0 Å². The largest absolute Gasteiger partial charge is 0.308 e. The lowest BCUT2D eigenvalue weighted by atomic mass is 10.1. The molecule has 6 nitrogen and oxygen atoms in total. The van der Waals surface area contributed by atoms with E-state index in [0.717, 1.165) is 6.07 Å². The molecule has 0 bridgehead atoms. The Morgan fingerprint density at radius 1 is 1.03 bits per heavy atom. The molecule has 3 aromatic rings. The van der Waals surface area contributed by atoms with Gasteiger partial charge in [-0.1, -0.05) is 23.8 Å². The molecule has 0 amide bonds. The third-order valence-electron chi connectivity index (χ3n) is 3.75. The van der Waals surface area contributed by atoms with Gasteiger partial charge in [-0.2, -0.15) is 4.39 Å². The number of aromatic nitrogens is 3. The van der Waals surface area contributed by atoms with E-state index in [9.17, 15) is 21.6 Å². The Hall–Kier alpha value is -2.98. The number of nitrogens with zero attached hydrogens (tertiary/aromatic N) is 3. The summed E-state index contributed by atoms with van der Waals surface area (Å²) in [4.78, 5) is 10.4. The minimum atomic E-state index is -4.29. The molecule has 0 radical (unpaired) electrons. The normalized spacial score (nSPS) is 11.8. The monoisotopic (exact) mass is 440 g/mol. The molecule has 0 atom stereocenters. The molecule has 0 saturated heterocycles. The van der Waals surface area contributed by atoms with Gasteiger partial charge in [0.2, 0.25) is 0 Å². The van der Waals surface area contributed by atoms with Gasteiger partial charge in [0.1, 0.15) is 10.7 Å². The zero-order valence-electron chi connectivity index (χ0n) is 14.7. The van der Waals surface area contributed by atoms with E-state index in [-0.39, 0.29) is 5.82 Å². The minimum Gasteiger partial charge on any atom is -0.263 e. The van der Waals surface area contributed by atoms with E-state index in [2.05, 4.69) is 19.7 Å². The van der Waals surface area contributed by atoms with Crippen LogP contribution in [0.4, 0.5) is 19.0 Å². The van der Waals surface area contributed by atoms with Crippen LogP contribution in [0.25, 0.3) is 12.2 Å². The first-order chi connectivity index (χ1) is 13.7. The maximum absolute atomic E-state index is 13.6. The molecule has 0 aliphatic rings. The first-order valence-corrected chi connectivity index (χ1v) is 9.83. The lowest BCUT2D eigenvalue weighted by Crippen LogP contribution is -2.15. The van der Waals surface area contributed by atoms with Crippen molar-refractivity contribution in [1.29, 1.82) is 0 Å². The van der Waals surface area contributed by atoms with E-state index >= 15 is 0 Å². The van der Waals surface area contributed by atoms with Gasteiger partial charge in [0.25, 0.3) is 10.0 Å². The third-order valence-corrected chi connectivity index (χ3v) is 5.63. The number of hydrogen-bond donors (Lipinski definition) is 1. The van der Waals surface area contributed by atoms with Crippen LogP contribution in [0.2, 0.25) is 5.02 Å². The van der Waals surface area contributed by atoms with E-state index in [4.69, 9.17) is 11.6 Å². The van der Waals surface area contributed by atoms with Gasteiger partial charge in [0.05, 0.1) is 5.02 Å². The quantitative estimate of drug-likeness (QED) is 0.474. The van der Waals surface area contributed by atoms with E-state index in [0.29, 0.717) is 22.9 Å². The number of pyridine rings is 1. The Balaban J connectivity index is 1.83. The molecule has 29 heavy (non-hydrogen) atoms. The van der Waals surface area contributed by atoms with Crippen LogP contribution >= 0.6 is 11.6 Å². The van der Waals surface area contributed by atoms with Crippen molar-refractivity contribution in [3.63, 3.8) is 0 Å². The number of benzene rings is 1. The summed E-state index contributed by atoms with van der Waals surface area (Å²) >= 11 is 5.62. The van der Waals surface area contributed by atoms with E-state index in [1.807, 2.05) is 0 Å². The molecule has 150 valence electrons. The summed E-state index contributed by atoms with van der Waals surface area (Å²) in [5.74, 6) is -2.75. The van der Waals surface area contributed by atoms with Gasteiger partial charge in [0.15, 0.2) is 11.6 Å². The predicted octanol–water partition coefficient (Wildman–Crippen LogP) is 4.22. The Morgan fingerprint density at radius 2 is 1.72 bits per heavy atom. The van der Waals surface area contributed by atoms with Crippen LogP contribution in [0.1, 0.15) is 16.8 Å². The van der Waals surface area contributed by atoms with E-state index in [1.165, 1.54) is 18.5 Å². The molecule has 3 rings (SSSR count). The molecule has 0 spiro atoms. The number of sulfonamides is 1. The van der Waals surface area contributed by atoms with Crippen molar-refractivity contribution < 1.29 is 21.6 Å². The number of aryl methyl sites for hydroxylation is 1. The van der Waals surface area contributed by atoms with Crippen molar-refractivity contribution in [3.8, 4) is 0 Å². The Bertz CT molecular complexity index is 1200. The number of nitrogens with one attached hydrogen (secondary N) is 1. The SMILES string of the molecule is Cc1nc(NS(=O)(=O)c2ccc(F)c(F)c2Cl)ccc1/C=C/c1cnc(F)nc1. The summed E-state index contributed by atoms with van der Waals surface area (Å²) in [7, 11) is -4.29. The molecular formula is C18H12ClF3N4O2S. The highest BCUT2D eigenvalue weighted by Crippen LogP contribution is 2.27.